The molecule has 2 N–H and O–H groups in total. The molecule has 1 aliphatic carbocycles. The van der Waals surface area contributed by atoms with E-state index in [4.69, 9.17) is 0 Å². The van der Waals surface area contributed by atoms with Gasteiger partial charge in [-0.05, 0) is 18.8 Å². The van der Waals surface area contributed by atoms with Crippen LogP contribution in [-0.4, -0.2) is 10.9 Å². The minimum Gasteiger partial charge on any atom is -0.366 e. The lowest BCUT2D eigenvalue weighted by molar-refractivity contribution is -0.116. The molecule has 1 aliphatic rings. The van der Waals surface area contributed by atoms with Gasteiger partial charge >= 0.3 is 0 Å². The van der Waals surface area contributed by atoms with Crippen molar-refractivity contribution in [3.8, 4) is 0 Å². The molecule has 4 nitrogen and oxygen atoms in total. The Morgan fingerprint density at radius 2 is 2.44 bits per heavy atom. The molecule has 1 amide bonds. The molecule has 2 rings (SSSR count). The Morgan fingerprint density at radius 1 is 1.56 bits per heavy atom. The zero-order valence-corrected chi connectivity index (χ0v) is 8.90. The van der Waals surface area contributed by atoms with Crippen LogP contribution in [0.4, 0.5) is 5.69 Å². The van der Waals surface area contributed by atoms with E-state index in [1.807, 2.05) is 0 Å². The van der Waals surface area contributed by atoms with E-state index in [0.29, 0.717) is 18.0 Å². The summed E-state index contributed by atoms with van der Waals surface area (Å²) in [6.07, 6.45) is 9.72. The first-order valence-corrected chi connectivity index (χ1v) is 5.39. The summed E-state index contributed by atoms with van der Waals surface area (Å²) in [5.41, 5.74) is 0.142. The SMILES string of the molecule is O=C(C[C@@H]1C=CCC1)Nc1c[nH]ccc1=O. The Balaban J connectivity index is 1.94. The van der Waals surface area contributed by atoms with Gasteiger partial charge in [0.05, 0.1) is 0 Å². The van der Waals surface area contributed by atoms with Gasteiger partial charge in [-0.2, -0.15) is 0 Å². The maximum atomic E-state index is 11.6. The van der Waals surface area contributed by atoms with Gasteiger partial charge in [0.15, 0.2) is 0 Å². The van der Waals surface area contributed by atoms with E-state index in [0.717, 1.165) is 12.8 Å². The number of hydrogen-bond acceptors (Lipinski definition) is 2. The minimum absolute atomic E-state index is 0.103. The molecule has 0 unspecified atom stereocenters. The van der Waals surface area contributed by atoms with E-state index in [9.17, 15) is 9.59 Å². The third-order valence-electron chi connectivity index (χ3n) is 2.66. The topological polar surface area (TPSA) is 62.0 Å². The number of nitrogens with one attached hydrogen (secondary N) is 2. The lowest BCUT2D eigenvalue weighted by Crippen LogP contribution is -2.19. The standard InChI is InChI=1S/C12H14N2O2/c15-11-5-6-13-8-10(11)14-12(16)7-9-3-1-2-4-9/h1,3,5-6,8-9H,2,4,7H2,(H,13,15)(H,14,16)/t9-/m1/s1. The highest BCUT2D eigenvalue weighted by Gasteiger charge is 2.14. The highest BCUT2D eigenvalue weighted by atomic mass is 16.2. The second-order valence-electron chi connectivity index (χ2n) is 3.94. The summed E-state index contributed by atoms with van der Waals surface area (Å²) in [4.78, 5) is 25.7. The van der Waals surface area contributed by atoms with Gasteiger partial charge in [0.1, 0.15) is 5.69 Å². The van der Waals surface area contributed by atoms with Crippen LogP contribution in [0, 0.1) is 5.92 Å². The predicted octanol–water partition coefficient (Wildman–Crippen LogP) is 1.67. The number of hydrogen-bond donors (Lipinski definition) is 2. The maximum absolute atomic E-state index is 11.6. The number of aromatic amines is 1. The van der Waals surface area contributed by atoms with E-state index in [1.165, 1.54) is 18.5 Å². The number of anilines is 1. The van der Waals surface area contributed by atoms with Gasteiger partial charge in [0.25, 0.3) is 0 Å². The first-order chi connectivity index (χ1) is 7.75. The zero-order chi connectivity index (χ0) is 11.4. The van der Waals surface area contributed by atoms with Crippen LogP contribution >= 0.6 is 0 Å². The van der Waals surface area contributed by atoms with Crippen molar-refractivity contribution in [2.24, 2.45) is 5.92 Å². The Morgan fingerprint density at radius 3 is 3.12 bits per heavy atom. The van der Waals surface area contributed by atoms with Gasteiger partial charge in [-0.1, -0.05) is 12.2 Å². The molecule has 0 saturated carbocycles. The summed E-state index contributed by atoms with van der Waals surface area (Å²) in [6, 6.07) is 1.39. The van der Waals surface area contributed by atoms with Crippen LogP contribution in [0.2, 0.25) is 0 Å². The average molecular weight is 218 g/mol. The lowest BCUT2D eigenvalue weighted by atomic mass is 10.1. The molecule has 4 heteroatoms. The molecular formula is C12H14N2O2. The van der Waals surface area contributed by atoms with Crippen molar-refractivity contribution in [1.29, 1.82) is 0 Å². The van der Waals surface area contributed by atoms with Gasteiger partial charge in [0, 0.05) is 24.9 Å². The summed E-state index contributed by atoms with van der Waals surface area (Å²) >= 11 is 0. The number of carbonyl (C=O) groups excluding carboxylic acids is 1. The van der Waals surface area contributed by atoms with Crippen LogP contribution in [0.25, 0.3) is 0 Å². The van der Waals surface area contributed by atoms with E-state index < -0.39 is 0 Å². The van der Waals surface area contributed by atoms with Crippen LogP contribution in [0.15, 0.2) is 35.4 Å². The smallest absolute Gasteiger partial charge is 0.225 e. The molecule has 1 heterocycles. The van der Waals surface area contributed by atoms with Gasteiger partial charge in [-0.3, -0.25) is 9.59 Å². The van der Waals surface area contributed by atoms with E-state index >= 15 is 0 Å². The van der Waals surface area contributed by atoms with Crippen LogP contribution in [0.3, 0.4) is 0 Å². The highest BCUT2D eigenvalue weighted by molar-refractivity contribution is 5.90. The fourth-order valence-electron chi connectivity index (χ4n) is 1.82. The number of rotatable bonds is 3. The Hall–Kier alpha value is -1.84. The molecule has 1 aromatic rings. The molecule has 0 fully saturated rings. The van der Waals surface area contributed by atoms with Gasteiger partial charge in [-0.15, -0.1) is 0 Å². The highest BCUT2D eigenvalue weighted by Crippen LogP contribution is 2.20. The van der Waals surface area contributed by atoms with Crippen LogP contribution in [0.5, 0.6) is 0 Å². The normalized spacial score (nSPS) is 18.6. The van der Waals surface area contributed by atoms with Crippen molar-refractivity contribution in [3.05, 3.63) is 40.8 Å². The second-order valence-corrected chi connectivity index (χ2v) is 3.94. The summed E-state index contributed by atoms with van der Waals surface area (Å²) in [5, 5.41) is 2.62. The molecule has 1 atom stereocenters. The number of amides is 1. The molecule has 16 heavy (non-hydrogen) atoms. The van der Waals surface area contributed by atoms with Gasteiger partial charge < -0.3 is 10.3 Å². The number of pyridine rings is 1. The third kappa shape index (κ3) is 2.59. The predicted molar refractivity (Wildman–Crippen MR) is 62.2 cm³/mol. The molecule has 0 aromatic carbocycles. The number of H-pyrrole nitrogens is 1. The maximum Gasteiger partial charge on any atom is 0.225 e. The first-order valence-electron chi connectivity index (χ1n) is 5.39. The van der Waals surface area contributed by atoms with Gasteiger partial charge in [0.2, 0.25) is 11.3 Å². The molecule has 1 aromatic heterocycles. The Bertz CT molecular complexity index is 462. The number of carbonyl (C=O) groups is 1. The van der Waals surface area contributed by atoms with Crippen molar-refractivity contribution in [3.63, 3.8) is 0 Å². The quantitative estimate of drug-likeness (QED) is 0.758. The van der Waals surface area contributed by atoms with E-state index in [-0.39, 0.29) is 11.3 Å². The first kappa shape index (κ1) is 10.7. The summed E-state index contributed by atoms with van der Waals surface area (Å²) in [5.74, 6) is 0.219. The zero-order valence-electron chi connectivity index (χ0n) is 8.90. The van der Waals surface area contributed by atoms with Gasteiger partial charge in [-0.25, -0.2) is 0 Å². The third-order valence-corrected chi connectivity index (χ3v) is 2.66. The van der Waals surface area contributed by atoms with Crippen LogP contribution in [-0.2, 0) is 4.79 Å². The minimum atomic E-state index is -0.172. The average Bonchev–Trinajstić information content (AvgIpc) is 2.74. The number of allylic oxidation sites excluding steroid dienone is 2. The molecule has 0 aliphatic heterocycles. The van der Waals surface area contributed by atoms with Crippen molar-refractivity contribution < 1.29 is 4.79 Å². The van der Waals surface area contributed by atoms with Crippen molar-refractivity contribution in [2.75, 3.05) is 5.32 Å². The monoisotopic (exact) mass is 218 g/mol. The van der Waals surface area contributed by atoms with Crippen LogP contribution < -0.4 is 10.7 Å². The summed E-state index contributed by atoms with van der Waals surface area (Å²) < 4.78 is 0. The number of aromatic nitrogens is 1. The molecule has 0 bridgehead atoms. The molecule has 0 spiro atoms. The summed E-state index contributed by atoms with van der Waals surface area (Å²) in [6.45, 7) is 0. The fraction of sp³-hybridized carbons (Fsp3) is 0.333. The molecule has 0 radical (unpaired) electrons. The molecular weight excluding hydrogens is 204 g/mol. The largest absolute Gasteiger partial charge is 0.366 e. The Kier molecular flexibility index (Phi) is 3.19. The van der Waals surface area contributed by atoms with E-state index in [1.54, 1.807) is 0 Å². The van der Waals surface area contributed by atoms with Crippen molar-refractivity contribution in [2.45, 2.75) is 19.3 Å². The van der Waals surface area contributed by atoms with Crippen LogP contribution in [0.1, 0.15) is 19.3 Å². The molecule has 84 valence electrons. The molecule has 0 saturated heterocycles. The van der Waals surface area contributed by atoms with Crippen molar-refractivity contribution >= 4 is 11.6 Å². The second kappa shape index (κ2) is 4.79. The van der Waals surface area contributed by atoms with E-state index in [2.05, 4.69) is 22.5 Å². The van der Waals surface area contributed by atoms with Crippen molar-refractivity contribution in [1.82, 2.24) is 4.98 Å². The fourth-order valence-corrected chi connectivity index (χ4v) is 1.82. The summed E-state index contributed by atoms with van der Waals surface area (Å²) in [7, 11) is 0. The lowest BCUT2D eigenvalue weighted by Gasteiger charge is -2.07. The Labute approximate surface area is 93.4 Å².